The molecule has 1 amide bonds. The summed E-state index contributed by atoms with van der Waals surface area (Å²) in [5.41, 5.74) is 9.76. The Morgan fingerprint density at radius 1 is 1.00 bits per heavy atom. The Kier molecular flexibility index (Phi) is 7.54. The van der Waals surface area contributed by atoms with Crippen molar-refractivity contribution < 1.29 is 29.3 Å². The zero-order chi connectivity index (χ0) is 22.4. The highest BCUT2D eigenvalue weighted by Crippen LogP contribution is 2.44. The lowest BCUT2D eigenvalue weighted by molar-refractivity contribution is -0.139. The molecule has 0 spiro atoms. The van der Waals surface area contributed by atoms with Crippen LogP contribution in [0.2, 0.25) is 0 Å². The van der Waals surface area contributed by atoms with Crippen molar-refractivity contribution in [2.24, 2.45) is 5.73 Å². The standard InChI is InChI=1S/C22H24N2O6S/c23-18(20(25)26)9-10-31-12-19(21(27)28)24-22(29)30-11-17-15-7-3-1-5-13(15)14-6-2-4-8-16(14)17/h1-8,17-19H,9-12,23H2,(H,24,29)(H,25,26)(H,27,28). The van der Waals surface area contributed by atoms with Crippen molar-refractivity contribution in [3.63, 3.8) is 0 Å². The molecule has 31 heavy (non-hydrogen) atoms. The maximum Gasteiger partial charge on any atom is 0.407 e. The molecule has 0 aromatic heterocycles. The highest BCUT2D eigenvalue weighted by atomic mass is 32.2. The van der Waals surface area contributed by atoms with Gasteiger partial charge in [-0.3, -0.25) is 4.79 Å². The summed E-state index contributed by atoms with van der Waals surface area (Å²) in [6, 6.07) is 13.7. The predicted octanol–water partition coefficient (Wildman–Crippen LogP) is 2.51. The number of carbonyl (C=O) groups is 3. The number of rotatable bonds is 10. The van der Waals surface area contributed by atoms with Gasteiger partial charge in [0.05, 0.1) is 0 Å². The molecule has 2 unspecified atom stereocenters. The van der Waals surface area contributed by atoms with E-state index in [0.29, 0.717) is 5.75 Å². The zero-order valence-electron chi connectivity index (χ0n) is 16.7. The molecule has 2 aromatic rings. The molecule has 3 rings (SSSR count). The van der Waals surface area contributed by atoms with Crippen LogP contribution in [0.3, 0.4) is 0 Å². The molecule has 1 aliphatic carbocycles. The maximum atomic E-state index is 12.3. The van der Waals surface area contributed by atoms with E-state index in [-0.39, 0.29) is 24.7 Å². The maximum absolute atomic E-state index is 12.3. The van der Waals surface area contributed by atoms with Crippen LogP contribution in [-0.2, 0) is 14.3 Å². The Morgan fingerprint density at radius 2 is 1.58 bits per heavy atom. The van der Waals surface area contributed by atoms with Crippen molar-refractivity contribution in [3.05, 3.63) is 59.7 Å². The number of aliphatic carboxylic acids is 2. The third-order valence-electron chi connectivity index (χ3n) is 5.11. The minimum Gasteiger partial charge on any atom is -0.480 e. The van der Waals surface area contributed by atoms with E-state index in [2.05, 4.69) is 5.32 Å². The second-order valence-electron chi connectivity index (χ2n) is 7.17. The monoisotopic (exact) mass is 444 g/mol. The lowest BCUT2D eigenvalue weighted by Gasteiger charge is -2.17. The van der Waals surface area contributed by atoms with Gasteiger partial charge in [-0.05, 0) is 34.4 Å². The number of carboxylic acid groups (broad SMARTS) is 2. The van der Waals surface area contributed by atoms with Crippen molar-refractivity contribution in [1.29, 1.82) is 0 Å². The second-order valence-corrected chi connectivity index (χ2v) is 8.32. The summed E-state index contributed by atoms with van der Waals surface area (Å²) < 4.78 is 5.38. The Bertz CT molecular complexity index is 921. The van der Waals surface area contributed by atoms with Crippen LogP contribution in [0.15, 0.2) is 48.5 Å². The first kappa shape index (κ1) is 22.6. The summed E-state index contributed by atoms with van der Waals surface area (Å²) in [5, 5.41) is 20.5. The molecule has 0 saturated heterocycles. The number of amides is 1. The summed E-state index contributed by atoms with van der Waals surface area (Å²) in [6.45, 7) is 0.0901. The molecule has 2 atom stereocenters. The predicted molar refractivity (Wildman–Crippen MR) is 117 cm³/mol. The van der Waals surface area contributed by atoms with E-state index in [1.54, 1.807) is 0 Å². The number of carbonyl (C=O) groups excluding carboxylic acids is 1. The topological polar surface area (TPSA) is 139 Å². The minimum atomic E-state index is -1.19. The number of fused-ring (bicyclic) bond motifs is 3. The molecule has 9 heteroatoms. The van der Waals surface area contributed by atoms with Crippen LogP contribution in [0.5, 0.6) is 0 Å². The molecule has 5 N–H and O–H groups in total. The van der Waals surface area contributed by atoms with Gasteiger partial charge in [0.15, 0.2) is 0 Å². The van der Waals surface area contributed by atoms with Gasteiger partial charge in [-0.15, -0.1) is 0 Å². The van der Waals surface area contributed by atoms with Gasteiger partial charge in [-0.25, -0.2) is 9.59 Å². The molecule has 0 aliphatic heterocycles. The van der Waals surface area contributed by atoms with Crippen molar-refractivity contribution in [1.82, 2.24) is 5.32 Å². The largest absolute Gasteiger partial charge is 0.480 e. The summed E-state index contributed by atoms with van der Waals surface area (Å²) in [4.78, 5) is 34.4. The highest BCUT2D eigenvalue weighted by molar-refractivity contribution is 7.99. The van der Waals surface area contributed by atoms with Crippen LogP contribution < -0.4 is 11.1 Å². The van der Waals surface area contributed by atoms with E-state index in [0.717, 1.165) is 22.3 Å². The number of carboxylic acids is 2. The average Bonchev–Trinajstić information content (AvgIpc) is 3.07. The van der Waals surface area contributed by atoms with Crippen LogP contribution in [0, 0.1) is 0 Å². The fourth-order valence-electron chi connectivity index (χ4n) is 3.49. The van der Waals surface area contributed by atoms with Crippen LogP contribution in [0.4, 0.5) is 4.79 Å². The lowest BCUT2D eigenvalue weighted by Crippen LogP contribution is -2.43. The molecule has 0 saturated carbocycles. The van der Waals surface area contributed by atoms with Gasteiger partial charge in [0.25, 0.3) is 0 Å². The normalized spacial score (nSPS) is 14.2. The number of benzene rings is 2. The summed E-state index contributed by atoms with van der Waals surface area (Å²) in [6.07, 6.45) is -0.603. The molecule has 1 aliphatic rings. The third kappa shape index (κ3) is 5.56. The molecule has 0 fully saturated rings. The van der Waals surface area contributed by atoms with E-state index in [9.17, 15) is 19.5 Å². The Hall–Kier alpha value is -3.04. The van der Waals surface area contributed by atoms with Crippen molar-refractivity contribution >= 4 is 29.8 Å². The van der Waals surface area contributed by atoms with Gasteiger partial charge in [-0.2, -0.15) is 11.8 Å². The van der Waals surface area contributed by atoms with Crippen molar-refractivity contribution in [2.75, 3.05) is 18.1 Å². The van der Waals surface area contributed by atoms with Gasteiger partial charge in [-0.1, -0.05) is 48.5 Å². The number of nitrogens with one attached hydrogen (secondary N) is 1. The fourth-order valence-corrected chi connectivity index (χ4v) is 4.54. The number of hydrogen-bond acceptors (Lipinski definition) is 6. The lowest BCUT2D eigenvalue weighted by atomic mass is 9.98. The van der Waals surface area contributed by atoms with Gasteiger partial charge in [0, 0.05) is 11.7 Å². The van der Waals surface area contributed by atoms with Gasteiger partial charge in [0.2, 0.25) is 0 Å². The van der Waals surface area contributed by atoms with Crippen LogP contribution in [0.1, 0.15) is 23.5 Å². The quantitative estimate of drug-likeness (QED) is 0.410. The Morgan fingerprint density at radius 3 is 2.13 bits per heavy atom. The summed E-state index contributed by atoms with van der Waals surface area (Å²) >= 11 is 1.21. The number of alkyl carbamates (subject to hydrolysis) is 1. The molecule has 164 valence electrons. The summed E-state index contributed by atoms with van der Waals surface area (Å²) in [7, 11) is 0. The minimum absolute atomic E-state index is 0.0753. The number of hydrogen-bond donors (Lipinski definition) is 4. The Labute approximate surface area is 183 Å². The van der Waals surface area contributed by atoms with E-state index in [4.69, 9.17) is 15.6 Å². The SMILES string of the molecule is NC(CCSCC(NC(=O)OCC1c2ccccc2-c2ccccc21)C(=O)O)C(=O)O. The smallest absolute Gasteiger partial charge is 0.407 e. The third-order valence-corrected chi connectivity index (χ3v) is 6.20. The van der Waals surface area contributed by atoms with Gasteiger partial charge >= 0.3 is 18.0 Å². The van der Waals surface area contributed by atoms with Crippen molar-refractivity contribution in [2.45, 2.75) is 24.4 Å². The van der Waals surface area contributed by atoms with E-state index >= 15 is 0 Å². The molecule has 8 nitrogen and oxygen atoms in total. The number of nitrogens with two attached hydrogens (primary N) is 1. The highest BCUT2D eigenvalue weighted by Gasteiger charge is 2.29. The first-order valence-corrected chi connectivity index (χ1v) is 10.9. The summed E-state index contributed by atoms with van der Waals surface area (Å²) in [5.74, 6) is -1.97. The molecule has 0 bridgehead atoms. The zero-order valence-corrected chi connectivity index (χ0v) is 17.5. The van der Waals surface area contributed by atoms with Gasteiger partial charge in [0.1, 0.15) is 18.7 Å². The van der Waals surface area contributed by atoms with Crippen molar-refractivity contribution in [3.8, 4) is 11.1 Å². The van der Waals surface area contributed by atoms with Gasteiger partial charge < -0.3 is 26.0 Å². The van der Waals surface area contributed by atoms with Crippen LogP contribution in [-0.4, -0.2) is 58.4 Å². The van der Waals surface area contributed by atoms with E-state index in [1.165, 1.54) is 11.8 Å². The number of thioether (sulfide) groups is 1. The molecule has 0 radical (unpaired) electrons. The second kappa shape index (κ2) is 10.3. The van der Waals surface area contributed by atoms with Crippen LogP contribution >= 0.6 is 11.8 Å². The molecule has 0 heterocycles. The first-order chi connectivity index (χ1) is 14.9. The first-order valence-electron chi connectivity index (χ1n) is 9.79. The van der Waals surface area contributed by atoms with E-state index in [1.807, 2.05) is 48.5 Å². The average molecular weight is 445 g/mol. The molecular formula is C22H24N2O6S. The Balaban J connectivity index is 1.54. The molecule has 2 aromatic carbocycles. The molecular weight excluding hydrogens is 420 g/mol. The fraction of sp³-hybridized carbons (Fsp3) is 0.318. The number of ether oxygens (including phenoxy) is 1. The van der Waals surface area contributed by atoms with E-state index < -0.39 is 30.1 Å². The van der Waals surface area contributed by atoms with Crippen LogP contribution in [0.25, 0.3) is 11.1 Å².